The fraction of sp³-hybridized carbons (Fsp3) is 0.316. The Kier molecular flexibility index (Phi) is 6.31. The van der Waals surface area contributed by atoms with E-state index in [-0.39, 0.29) is 16.6 Å². The van der Waals surface area contributed by atoms with Crippen molar-refractivity contribution < 1.29 is 9.72 Å². The number of benzene rings is 2. The summed E-state index contributed by atoms with van der Waals surface area (Å²) in [6.07, 6.45) is 0.930. The summed E-state index contributed by atoms with van der Waals surface area (Å²) in [5, 5.41) is 11.6. The maximum absolute atomic E-state index is 12.7. The molecule has 2 aromatic rings. The lowest BCUT2D eigenvalue weighted by atomic mass is 10.1. The highest BCUT2D eigenvalue weighted by atomic mass is 35.5. The predicted molar refractivity (Wildman–Crippen MR) is 106 cm³/mol. The maximum Gasteiger partial charge on any atom is 0.270 e. The molecule has 0 saturated carbocycles. The van der Waals surface area contributed by atoms with Gasteiger partial charge in [-0.15, -0.1) is 0 Å². The number of carbonyl (C=O) groups excluding carboxylic acids is 1. The number of nitro benzene ring substituents is 1. The van der Waals surface area contributed by atoms with Crippen molar-refractivity contribution in [3.8, 4) is 0 Å². The van der Waals surface area contributed by atoms with Gasteiger partial charge in [0.1, 0.15) is 0 Å². The summed E-state index contributed by atoms with van der Waals surface area (Å²) in [6, 6.07) is 11.8. The molecule has 1 amide bonds. The highest BCUT2D eigenvalue weighted by molar-refractivity contribution is 6.34. The summed E-state index contributed by atoms with van der Waals surface area (Å²) in [5.74, 6) is -0.188. The minimum Gasteiger partial charge on any atom is -0.336 e. The summed E-state index contributed by atoms with van der Waals surface area (Å²) in [6.45, 7) is 3.69. The molecule has 0 aliphatic carbocycles. The smallest absolute Gasteiger partial charge is 0.270 e. The van der Waals surface area contributed by atoms with Crippen LogP contribution in [0.15, 0.2) is 42.5 Å². The number of nitro groups is 1. The molecule has 27 heavy (non-hydrogen) atoms. The second-order valence-electron chi connectivity index (χ2n) is 6.43. The second kappa shape index (κ2) is 8.69. The normalized spacial score (nSPS) is 15.0. The summed E-state index contributed by atoms with van der Waals surface area (Å²) in [5.41, 5.74) is 1.41. The Hall–Kier alpha value is -2.15. The van der Waals surface area contributed by atoms with E-state index in [2.05, 4.69) is 4.90 Å². The lowest BCUT2D eigenvalue weighted by Crippen LogP contribution is -2.49. The van der Waals surface area contributed by atoms with Crippen molar-refractivity contribution >= 4 is 34.8 Å². The first kappa shape index (κ1) is 19.6. The van der Waals surface area contributed by atoms with Gasteiger partial charge in [0.2, 0.25) is 0 Å². The SMILES string of the molecule is O=C(c1ccc([N+](=O)[O-])cc1Cl)N1CCN(CCc2ccc(Cl)cc2)CC1. The third kappa shape index (κ3) is 4.97. The Bertz CT molecular complexity index is 835. The average Bonchev–Trinajstić information content (AvgIpc) is 2.67. The standard InChI is InChI=1S/C19H19Cl2N3O3/c20-15-3-1-14(2-4-15)7-8-22-9-11-23(12-10-22)19(25)17-6-5-16(24(26)27)13-18(17)21/h1-6,13H,7-12H2. The molecule has 2 aromatic carbocycles. The molecule has 1 saturated heterocycles. The van der Waals surface area contributed by atoms with Gasteiger partial charge in [0.05, 0.1) is 15.5 Å². The Morgan fingerprint density at radius 1 is 1.04 bits per heavy atom. The highest BCUT2D eigenvalue weighted by Gasteiger charge is 2.24. The van der Waals surface area contributed by atoms with E-state index in [9.17, 15) is 14.9 Å². The molecule has 0 bridgehead atoms. The van der Waals surface area contributed by atoms with Crippen molar-refractivity contribution in [3.05, 3.63) is 73.8 Å². The van der Waals surface area contributed by atoms with Gasteiger partial charge in [0.15, 0.2) is 0 Å². The fourth-order valence-electron chi connectivity index (χ4n) is 3.07. The third-order valence-electron chi connectivity index (χ3n) is 4.68. The van der Waals surface area contributed by atoms with Crippen LogP contribution in [-0.4, -0.2) is 53.4 Å². The Labute approximate surface area is 167 Å². The molecule has 8 heteroatoms. The third-order valence-corrected chi connectivity index (χ3v) is 5.25. The van der Waals surface area contributed by atoms with Gasteiger partial charge < -0.3 is 4.90 Å². The molecular weight excluding hydrogens is 389 g/mol. The topological polar surface area (TPSA) is 66.7 Å². The average molecular weight is 408 g/mol. The van der Waals surface area contributed by atoms with Crippen molar-refractivity contribution in [1.82, 2.24) is 9.80 Å². The van der Waals surface area contributed by atoms with Gasteiger partial charge in [0.25, 0.3) is 11.6 Å². The van der Waals surface area contributed by atoms with Crippen LogP contribution in [0.4, 0.5) is 5.69 Å². The zero-order valence-corrected chi connectivity index (χ0v) is 16.1. The first-order valence-electron chi connectivity index (χ1n) is 8.64. The van der Waals surface area contributed by atoms with Crippen LogP contribution in [0.2, 0.25) is 10.0 Å². The number of hydrogen-bond donors (Lipinski definition) is 0. The molecule has 142 valence electrons. The van der Waals surface area contributed by atoms with Gasteiger partial charge in [-0.3, -0.25) is 19.8 Å². The first-order valence-corrected chi connectivity index (χ1v) is 9.39. The van der Waals surface area contributed by atoms with Crippen molar-refractivity contribution in [1.29, 1.82) is 0 Å². The van der Waals surface area contributed by atoms with Gasteiger partial charge in [-0.05, 0) is 30.2 Å². The predicted octanol–water partition coefficient (Wildman–Crippen LogP) is 3.90. The van der Waals surface area contributed by atoms with Crippen LogP contribution in [0.5, 0.6) is 0 Å². The van der Waals surface area contributed by atoms with Crippen molar-refractivity contribution in [2.75, 3.05) is 32.7 Å². The fourth-order valence-corrected chi connectivity index (χ4v) is 3.46. The van der Waals surface area contributed by atoms with E-state index in [0.29, 0.717) is 18.7 Å². The number of nitrogens with zero attached hydrogens (tertiary/aromatic N) is 3. The number of carbonyl (C=O) groups is 1. The molecule has 0 aromatic heterocycles. The molecule has 0 radical (unpaired) electrons. The molecule has 1 fully saturated rings. The lowest BCUT2D eigenvalue weighted by molar-refractivity contribution is -0.384. The van der Waals surface area contributed by atoms with E-state index in [0.717, 1.165) is 31.1 Å². The van der Waals surface area contributed by atoms with Crippen LogP contribution in [-0.2, 0) is 6.42 Å². The summed E-state index contributed by atoms with van der Waals surface area (Å²) in [4.78, 5) is 27.0. The van der Waals surface area contributed by atoms with Gasteiger partial charge >= 0.3 is 0 Å². The Morgan fingerprint density at radius 2 is 1.70 bits per heavy atom. The molecule has 6 nitrogen and oxygen atoms in total. The van der Waals surface area contributed by atoms with Crippen LogP contribution in [0.3, 0.4) is 0 Å². The molecule has 0 atom stereocenters. The van der Waals surface area contributed by atoms with Crippen LogP contribution < -0.4 is 0 Å². The van der Waals surface area contributed by atoms with Crippen LogP contribution in [0.25, 0.3) is 0 Å². The van der Waals surface area contributed by atoms with E-state index in [1.807, 2.05) is 24.3 Å². The first-order chi connectivity index (χ1) is 12.9. The quantitative estimate of drug-likeness (QED) is 0.556. The molecule has 0 N–H and O–H groups in total. The Morgan fingerprint density at radius 3 is 2.30 bits per heavy atom. The largest absolute Gasteiger partial charge is 0.336 e. The summed E-state index contributed by atoms with van der Waals surface area (Å²) < 4.78 is 0. The minimum absolute atomic E-state index is 0.111. The minimum atomic E-state index is -0.528. The van der Waals surface area contributed by atoms with Gasteiger partial charge in [-0.25, -0.2) is 0 Å². The Balaban J connectivity index is 1.53. The number of hydrogen-bond acceptors (Lipinski definition) is 4. The molecule has 1 aliphatic rings. The van der Waals surface area contributed by atoms with E-state index >= 15 is 0 Å². The molecule has 0 spiro atoms. The maximum atomic E-state index is 12.7. The number of rotatable bonds is 5. The number of halogens is 2. The number of non-ortho nitro benzene ring substituents is 1. The van der Waals surface area contributed by atoms with Gasteiger partial charge in [0, 0.05) is 49.9 Å². The molecule has 1 heterocycles. The summed E-state index contributed by atoms with van der Waals surface area (Å²) >= 11 is 12.0. The molecule has 3 rings (SSSR count). The van der Waals surface area contributed by atoms with Crippen LogP contribution in [0, 0.1) is 10.1 Å². The monoisotopic (exact) mass is 407 g/mol. The van der Waals surface area contributed by atoms with E-state index in [4.69, 9.17) is 23.2 Å². The number of piperazine rings is 1. The van der Waals surface area contributed by atoms with Crippen molar-refractivity contribution in [2.24, 2.45) is 0 Å². The molecule has 1 aliphatic heterocycles. The number of amides is 1. The van der Waals surface area contributed by atoms with Gasteiger partial charge in [-0.1, -0.05) is 35.3 Å². The van der Waals surface area contributed by atoms with Gasteiger partial charge in [-0.2, -0.15) is 0 Å². The zero-order chi connectivity index (χ0) is 19.4. The molecule has 0 unspecified atom stereocenters. The second-order valence-corrected chi connectivity index (χ2v) is 7.28. The van der Waals surface area contributed by atoms with E-state index in [1.165, 1.54) is 23.8 Å². The van der Waals surface area contributed by atoms with Crippen LogP contribution in [0.1, 0.15) is 15.9 Å². The van der Waals surface area contributed by atoms with Crippen molar-refractivity contribution in [2.45, 2.75) is 6.42 Å². The van der Waals surface area contributed by atoms with Crippen molar-refractivity contribution in [3.63, 3.8) is 0 Å². The van der Waals surface area contributed by atoms with E-state index in [1.54, 1.807) is 4.90 Å². The summed E-state index contributed by atoms with van der Waals surface area (Å²) in [7, 11) is 0. The lowest BCUT2D eigenvalue weighted by Gasteiger charge is -2.35. The zero-order valence-electron chi connectivity index (χ0n) is 14.6. The van der Waals surface area contributed by atoms with Crippen LogP contribution >= 0.6 is 23.2 Å². The molecular formula is C19H19Cl2N3O3. The van der Waals surface area contributed by atoms with E-state index < -0.39 is 4.92 Å². The highest BCUT2D eigenvalue weighted by Crippen LogP contribution is 2.24.